The smallest absolute Gasteiger partial charge is 0.313 e. The molecule has 8 heteroatoms. The Labute approximate surface area is 162 Å². The lowest BCUT2D eigenvalue weighted by atomic mass is 9.95. The van der Waals surface area contributed by atoms with Crippen molar-refractivity contribution in [3.63, 3.8) is 0 Å². The number of carbonyl (C=O) groups is 2. The molecule has 0 aromatic heterocycles. The number of benzene rings is 2. The van der Waals surface area contributed by atoms with Crippen LogP contribution < -0.4 is 20.1 Å². The highest BCUT2D eigenvalue weighted by molar-refractivity contribution is 6.39. The SMILES string of the molecule is COc1ccc(NC(=O)C(=O)NCC(C)(OC)c2ccccc2F)c(OC)c1. The van der Waals surface area contributed by atoms with Crippen LogP contribution in [0.4, 0.5) is 10.1 Å². The number of ether oxygens (including phenoxy) is 3. The molecule has 0 spiro atoms. The summed E-state index contributed by atoms with van der Waals surface area (Å²) < 4.78 is 29.8. The van der Waals surface area contributed by atoms with Gasteiger partial charge in [0.25, 0.3) is 0 Å². The van der Waals surface area contributed by atoms with Crippen molar-refractivity contribution in [2.75, 3.05) is 33.2 Å². The summed E-state index contributed by atoms with van der Waals surface area (Å²) in [5.74, 6) is -1.37. The predicted octanol–water partition coefficient (Wildman–Crippen LogP) is 2.46. The average molecular weight is 390 g/mol. The van der Waals surface area contributed by atoms with E-state index >= 15 is 0 Å². The zero-order valence-corrected chi connectivity index (χ0v) is 16.2. The highest BCUT2D eigenvalue weighted by Gasteiger charge is 2.30. The Balaban J connectivity index is 2.06. The molecule has 2 aromatic rings. The van der Waals surface area contributed by atoms with Gasteiger partial charge in [0.05, 0.1) is 26.5 Å². The number of hydrogen-bond donors (Lipinski definition) is 2. The summed E-state index contributed by atoms with van der Waals surface area (Å²) >= 11 is 0. The molecular weight excluding hydrogens is 367 g/mol. The molecule has 0 saturated heterocycles. The molecule has 0 aliphatic heterocycles. The minimum atomic E-state index is -1.14. The van der Waals surface area contributed by atoms with E-state index in [1.165, 1.54) is 27.4 Å². The van der Waals surface area contributed by atoms with Gasteiger partial charge in [-0.25, -0.2) is 4.39 Å². The molecule has 0 aliphatic rings. The monoisotopic (exact) mass is 390 g/mol. The number of nitrogens with one attached hydrogen (secondary N) is 2. The van der Waals surface area contributed by atoms with Crippen molar-refractivity contribution in [2.24, 2.45) is 0 Å². The molecule has 0 fully saturated rings. The molecule has 1 atom stereocenters. The van der Waals surface area contributed by atoms with E-state index in [1.54, 1.807) is 43.3 Å². The van der Waals surface area contributed by atoms with E-state index in [0.717, 1.165) is 0 Å². The lowest BCUT2D eigenvalue weighted by Gasteiger charge is -2.29. The summed E-state index contributed by atoms with van der Waals surface area (Å²) in [7, 11) is 4.34. The molecule has 0 saturated carbocycles. The largest absolute Gasteiger partial charge is 0.497 e. The maximum absolute atomic E-state index is 14.1. The van der Waals surface area contributed by atoms with Crippen LogP contribution >= 0.6 is 0 Å². The topological polar surface area (TPSA) is 85.9 Å². The second kappa shape index (κ2) is 9.18. The molecule has 2 N–H and O–H groups in total. The third-order valence-electron chi connectivity index (χ3n) is 4.34. The Hall–Kier alpha value is -3.13. The molecule has 2 rings (SSSR count). The van der Waals surface area contributed by atoms with Crippen LogP contribution in [0.25, 0.3) is 0 Å². The van der Waals surface area contributed by atoms with E-state index in [-0.39, 0.29) is 12.1 Å². The molecule has 2 aromatic carbocycles. The van der Waals surface area contributed by atoms with Crippen LogP contribution in [0.3, 0.4) is 0 Å². The molecule has 0 heterocycles. The Morgan fingerprint density at radius 3 is 2.36 bits per heavy atom. The second-order valence-corrected chi connectivity index (χ2v) is 6.12. The first-order chi connectivity index (χ1) is 13.3. The average Bonchev–Trinajstić information content (AvgIpc) is 2.72. The summed E-state index contributed by atoms with van der Waals surface area (Å²) in [4.78, 5) is 24.4. The third kappa shape index (κ3) is 4.77. The minimum Gasteiger partial charge on any atom is -0.497 e. The Morgan fingerprint density at radius 1 is 1.04 bits per heavy atom. The van der Waals surface area contributed by atoms with Gasteiger partial charge in [-0.3, -0.25) is 9.59 Å². The number of hydrogen-bond acceptors (Lipinski definition) is 5. The maximum Gasteiger partial charge on any atom is 0.313 e. The van der Waals surface area contributed by atoms with Gasteiger partial charge in [-0.05, 0) is 25.1 Å². The molecule has 0 bridgehead atoms. The molecule has 0 aliphatic carbocycles. The van der Waals surface area contributed by atoms with Crippen LogP contribution in [-0.4, -0.2) is 39.7 Å². The van der Waals surface area contributed by atoms with Gasteiger partial charge in [0.15, 0.2) is 0 Å². The van der Waals surface area contributed by atoms with E-state index < -0.39 is 23.2 Å². The minimum absolute atomic E-state index is 0.101. The summed E-state index contributed by atoms with van der Waals surface area (Å²) in [6.07, 6.45) is 0. The Bertz CT molecular complexity index is 858. The highest BCUT2D eigenvalue weighted by atomic mass is 19.1. The quantitative estimate of drug-likeness (QED) is 0.710. The second-order valence-electron chi connectivity index (χ2n) is 6.12. The number of halogens is 1. The van der Waals surface area contributed by atoms with E-state index in [1.807, 2.05) is 0 Å². The van der Waals surface area contributed by atoms with Gasteiger partial charge in [-0.15, -0.1) is 0 Å². The van der Waals surface area contributed by atoms with Gasteiger partial charge < -0.3 is 24.8 Å². The lowest BCUT2D eigenvalue weighted by molar-refractivity contribution is -0.137. The maximum atomic E-state index is 14.1. The molecule has 0 radical (unpaired) electrons. The van der Waals surface area contributed by atoms with Crippen LogP contribution in [0.1, 0.15) is 12.5 Å². The van der Waals surface area contributed by atoms with Crippen LogP contribution in [0.15, 0.2) is 42.5 Å². The number of methoxy groups -OCH3 is 3. The molecular formula is C20H23FN2O5. The van der Waals surface area contributed by atoms with Gasteiger partial charge in [0, 0.05) is 18.7 Å². The van der Waals surface area contributed by atoms with Crippen molar-refractivity contribution in [3.05, 3.63) is 53.8 Å². The number of carbonyl (C=O) groups excluding carboxylic acids is 2. The summed E-state index contributed by atoms with van der Waals surface area (Å²) in [5, 5.41) is 4.94. The van der Waals surface area contributed by atoms with Crippen molar-refractivity contribution in [1.29, 1.82) is 0 Å². The Morgan fingerprint density at radius 2 is 1.75 bits per heavy atom. The van der Waals surface area contributed by atoms with Gasteiger partial charge in [0.2, 0.25) is 0 Å². The van der Waals surface area contributed by atoms with Crippen molar-refractivity contribution >= 4 is 17.5 Å². The predicted molar refractivity (Wildman–Crippen MR) is 102 cm³/mol. The van der Waals surface area contributed by atoms with E-state index in [0.29, 0.717) is 17.2 Å². The van der Waals surface area contributed by atoms with Crippen LogP contribution in [0.5, 0.6) is 11.5 Å². The summed E-state index contributed by atoms with van der Waals surface area (Å²) in [6.45, 7) is 1.52. The van der Waals surface area contributed by atoms with Crippen molar-refractivity contribution in [3.8, 4) is 11.5 Å². The third-order valence-corrected chi connectivity index (χ3v) is 4.34. The number of anilines is 1. The van der Waals surface area contributed by atoms with Crippen molar-refractivity contribution in [2.45, 2.75) is 12.5 Å². The fourth-order valence-electron chi connectivity index (χ4n) is 2.58. The van der Waals surface area contributed by atoms with Crippen LogP contribution in [0, 0.1) is 5.82 Å². The van der Waals surface area contributed by atoms with Gasteiger partial charge in [-0.1, -0.05) is 18.2 Å². The van der Waals surface area contributed by atoms with Crippen LogP contribution in [-0.2, 0) is 19.9 Å². The fraction of sp³-hybridized carbons (Fsp3) is 0.300. The van der Waals surface area contributed by atoms with Crippen molar-refractivity contribution in [1.82, 2.24) is 5.32 Å². The summed E-state index contributed by atoms with van der Waals surface area (Å²) in [5.41, 5.74) is -0.555. The van der Waals surface area contributed by atoms with E-state index in [2.05, 4.69) is 10.6 Å². The summed E-state index contributed by atoms with van der Waals surface area (Å²) in [6, 6.07) is 10.8. The Kier molecular flexibility index (Phi) is 6.94. The number of amides is 2. The first-order valence-corrected chi connectivity index (χ1v) is 8.46. The van der Waals surface area contributed by atoms with Crippen LogP contribution in [0.2, 0.25) is 0 Å². The van der Waals surface area contributed by atoms with Gasteiger partial charge in [-0.2, -0.15) is 0 Å². The fourth-order valence-corrected chi connectivity index (χ4v) is 2.58. The molecule has 2 amide bonds. The molecule has 28 heavy (non-hydrogen) atoms. The van der Waals surface area contributed by atoms with Gasteiger partial charge in [0.1, 0.15) is 22.9 Å². The normalized spacial score (nSPS) is 12.6. The van der Waals surface area contributed by atoms with Gasteiger partial charge >= 0.3 is 11.8 Å². The van der Waals surface area contributed by atoms with E-state index in [9.17, 15) is 14.0 Å². The first-order valence-electron chi connectivity index (χ1n) is 8.46. The van der Waals surface area contributed by atoms with Crippen molar-refractivity contribution < 1.29 is 28.2 Å². The molecule has 150 valence electrons. The number of rotatable bonds is 7. The first kappa shape index (κ1) is 21.2. The lowest BCUT2D eigenvalue weighted by Crippen LogP contribution is -2.44. The molecule has 1 unspecified atom stereocenters. The zero-order chi connectivity index (χ0) is 20.7. The molecule has 7 nitrogen and oxygen atoms in total. The standard InChI is InChI=1S/C20H23FN2O5/c1-20(28-4,14-7-5-6-8-15(14)21)12-22-18(24)19(25)23-16-10-9-13(26-2)11-17(16)27-3/h5-11H,12H2,1-4H3,(H,22,24)(H,23,25). The van der Waals surface area contributed by atoms with E-state index in [4.69, 9.17) is 14.2 Å². The highest BCUT2D eigenvalue weighted by Crippen LogP contribution is 2.29. The zero-order valence-electron chi connectivity index (χ0n) is 16.2.